The highest BCUT2D eigenvalue weighted by Crippen LogP contribution is 2.05. The lowest BCUT2D eigenvalue weighted by atomic mass is 10.1. The van der Waals surface area contributed by atoms with Crippen molar-refractivity contribution in [2.45, 2.75) is 63.5 Å². The zero-order valence-corrected chi connectivity index (χ0v) is 19.3. The average molecular weight is 476 g/mol. The fourth-order valence-electron chi connectivity index (χ4n) is 2.90. The van der Waals surface area contributed by atoms with E-state index in [4.69, 9.17) is 38.1 Å². The minimum atomic E-state index is -0.939. The normalized spacial score (nSPS) is 12.5. The molecule has 0 fully saturated rings. The van der Waals surface area contributed by atoms with Crippen molar-refractivity contribution in [3.63, 3.8) is 0 Å². The standard InChI is InChI=1S/C20H41N7O6/c21-9-3-1-5-11-27(20(31)33-13-15(23)7-8-17(24)28)12-18(29)26-16(6-2-4-10-22)14-32-19(25)30/h15-16H,1-14,21-23H2,(H2,24,28)(H2,25,30)(H,26,29). The number of carbonyl (C=O) groups excluding carboxylic acids is 4. The molecule has 0 radical (unpaired) electrons. The smallest absolute Gasteiger partial charge is 0.410 e. The quantitative estimate of drug-likeness (QED) is 0.124. The summed E-state index contributed by atoms with van der Waals surface area (Å²) < 4.78 is 10.0. The van der Waals surface area contributed by atoms with E-state index in [-0.39, 0.29) is 32.6 Å². The fourth-order valence-corrected chi connectivity index (χ4v) is 2.90. The SMILES string of the molecule is NCCCCCN(CC(=O)NC(CCCCN)COC(N)=O)C(=O)OCC(N)CCC(N)=O. The van der Waals surface area contributed by atoms with Gasteiger partial charge >= 0.3 is 12.2 Å². The van der Waals surface area contributed by atoms with Gasteiger partial charge in [0.25, 0.3) is 0 Å². The molecule has 0 aromatic heterocycles. The van der Waals surface area contributed by atoms with Gasteiger partial charge in [-0.15, -0.1) is 0 Å². The minimum Gasteiger partial charge on any atom is -0.448 e. The van der Waals surface area contributed by atoms with Crippen molar-refractivity contribution < 1.29 is 28.7 Å². The number of primary amides is 2. The number of nitrogens with zero attached hydrogens (tertiary/aromatic N) is 1. The summed E-state index contributed by atoms with van der Waals surface area (Å²) in [4.78, 5) is 48.2. The van der Waals surface area contributed by atoms with E-state index in [1.54, 1.807) is 0 Å². The van der Waals surface area contributed by atoms with Crippen LogP contribution < -0.4 is 34.0 Å². The average Bonchev–Trinajstić information content (AvgIpc) is 2.76. The third-order valence-corrected chi connectivity index (χ3v) is 4.71. The lowest BCUT2D eigenvalue weighted by Crippen LogP contribution is -2.47. The Morgan fingerprint density at radius 2 is 1.52 bits per heavy atom. The molecule has 0 aliphatic heterocycles. The Labute approximate surface area is 195 Å². The van der Waals surface area contributed by atoms with Gasteiger partial charge in [-0.1, -0.05) is 12.8 Å². The van der Waals surface area contributed by atoms with Crippen molar-refractivity contribution in [2.24, 2.45) is 28.7 Å². The first-order valence-corrected chi connectivity index (χ1v) is 11.3. The van der Waals surface area contributed by atoms with E-state index >= 15 is 0 Å². The van der Waals surface area contributed by atoms with Gasteiger partial charge in [0.2, 0.25) is 11.8 Å². The molecule has 0 bridgehead atoms. The van der Waals surface area contributed by atoms with Crippen LogP contribution in [-0.2, 0) is 19.1 Å². The van der Waals surface area contributed by atoms with Crippen molar-refractivity contribution in [3.05, 3.63) is 0 Å². The van der Waals surface area contributed by atoms with Gasteiger partial charge in [0.05, 0.1) is 6.04 Å². The number of carbonyl (C=O) groups is 4. The second-order valence-corrected chi connectivity index (χ2v) is 7.79. The van der Waals surface area contributed by atoms with Gasteiger partial charge in [0.15, 0.2) is 0 Å². The molecule has 0 rings (SSSR count). The predicted octanol–water partition coefficient (Wildman–Crippen LogP) is -1.14. The van der Waals surface area contributed by atoms with E-state index < -0.39 is 36.1 Å². The van der Waals surface area contributed by atoms with Crippen LogP contribution in [0.5, 0.6) is 0 Å². The summed E-state index contributed by atoms with van der Waals surface area (Å²) in [5.41, 5.74) is 26.9. The number of unbranched alkanes of at least 4 members (excludes halogenated alkanes) is 3. The zero-order chi connectivity index (χ0) is 25.1. The van der Waals surface area contributed by atoms with Crippen molar-refractivity contribution >= 4 is 24.0 Å². The molecule has 0 saturated heterocycles. The second kappa shape index (κ2) is 18.9. The summed E-state index contributed by atoms with van der Waals surface area (Å²) in [6.07, 6.45) is 2.95. The number of ether oxygens (including phenoxy) is 2. The summed E-state index contributed by atoms with van der Waals surface area (Å²) >= 11 is 0. The summed E-state index contributed by atoms with van der Waals surface area (Å²) in [6.45, 7) is 0.883. The summed E-state index contributed by atoms with van der Waals surface area (Å²) in [5, 5.41) is 2.76. The van der Waals surface area contributed by atoms with Gasteiger partial charge in [0.1, 0.15) is 19.8 Å². The molecule has 0 aromatic carbocycles. The van der Waals surface area contributed by atoms with E-state index in [0.29, 0.717) is 32.5 Å². The third kappa shape index (κ3) is 17.6. The molecule has 11 N–H and O–H groups in total. The summed E-state index contributed by atoms with van der Waals surface area (Å²) in [5.74, 6) is -0.925. The monoisotopic (exact) mass is 475 g/mol. The molecular weight excluding hydrogens is 434 g/mol. The van der Waals surface area contributed by atoms with E-state index in [9.17, 15) is 19.2 Å². The van der Waals surface area contributed by atoms with Crippen LogP contribution in [0.3, 0.4) is 0 Å². The minimum absolute atomic E-state index is 0.0820. The van der Waals surface area contributed by atoms with Gasteiger partial charge in [0, 0.05) is 19.0 Å². The molecule has 2 atom stereocenters. The van der Waals surface area contributed by atoms with Crippen molar-refractivity contribution in [1.82, 2.24) is 10.2 Å². The fraction of sp³-hybridized carbons (Fsp3) is 0.800. The highest BCUT2D eigenvalue weighted by atomic mass is 16.6. The molecule has 192 valence electrons. The first kappa shape index (κ1) is 30.4. The van der Waals surface area contributed by atoms with Crippen LogP contribution in [0.15, 0.2) is 0 Å². The maximum absolute atomic E-state index is 12.6. The molecule has 0 saturated carbocycles. The Balaban J connectivity index is 4.88. The van der Waals surface area contributed by atoms with E-state index in [2.05, 4.69) is 5.32 Å². The van der Waals surface area contributed by atoms with Gasteiger partial charge < -0.3 is 43.5 Å². The maximum atomic E-state index is 12.6. The van der Waals surface area contributed by atoms with Crippen LogP contribution in [0.4, 0.5) is 9.59 Å². The third-order valence-electron chi connectivity index (χ3n) is 4.71. The Hall–Kier alpha value is -2.64. The van der Waals surface area contributed by atoms with Gasteiger partial charge in [-0.3, -0.25) is 14.5 Å². The van der Waals surface area contributed by atoms with Crippen molar-refractivity contribution in [3.8, 4) is 0 Å². The van der Waals surface area contributed by atoms with E-state index in [0.717, 1.165) is 25.7 Å². The van der Waals surface area contributed by atoms with Gasteiger partial charge in [-0.25, -0.2) is 9.59 Å². The first-order valence-electron chi connectivity index (χ1n) is 11.3. The van der Waals surface area contributed by atoms with Gasteiger partial charge in [-0.05, 0) is 45.2 Å². The highest BCUT2D eigenvalue weighted by molar-refractivity contribution is 5.82. The molecular formula is C20H41N7O6. The van der Waals surface area contributed by atoms with Crippen LogP contribution in [0.2, 0.25) is 0 Å². The Morgan fingerprint density at radius 3 is 2.12 bits per heavy atom. The van der Waals surface area contributed by atoms with Crippen LogP contribution >= 0.6 is 0 Å². The Kier molecular flexibility index (Phi) is 17.4. The molecule has 0 spiro atoms. The van der Waals surface area contributed by atoms with Crippen molar-refractivity contribution in [2.75, 3.05) is 39.4 Å². The lowest BCUT2D eigenvalue weighted by molar-refractivity contribution is -0.123. The molecule has 13 nitrogen and oxygen atoms in total. The molecule has 0 aromatic rings. The molecule has 0 aliphatic rings. The number of hydrogen-bond acceptors (Lipinski definition) is 9. The lowest BCUT2D eigenvalue weighted by Gasteiger charge is -2.24. The molecule has 0 aliphatic carbocycles. The van der Waals surface area contributed by atoms with E-state index in [1.165, 1.54) is 4.90 Å². The Bertz CT molecular complexity index is 593. The summed E-state index contributed by atoms with van der Waals surface area (Å²) in [7, 11) is 0. The van der Waals surface area contributed by atoms with E-state index in [1.807, 2.05) is 0 Å². The van der Waals surface area contributed by atoms with Gasteiger partial charge in [-0.2, -0.15) is 0 Å². The molecule has 0 heterocycles. The molecule has 2 unspecified atom stereocenters. The van der Waals surface area contributed by atoms with Crippen LogP contribution in [0.1, 0.15) is 51.4 Å². The predicted molar refractivity (Wildman–Crippen MR) is 123 cm³/mol. The second-order valence-electron chi connectivity index (χ2n) is 7.79. The highest BCUT2D eigenvalue weighted by Gasteiger charge is 2.22. The number of rotatable bonds is 19. The van der Waals surface area contributed by atoms with Crippen LogP contribution in [0.25, 0.3) is 0 Å². The molecule has 33 heavy (non-hydrogen) atoms. The van der Waals surface area contributed by atoms with Crippen LogP contribution in [-0.4, -0.2) is 80.4 Å². The number of nitrogens with one attached hydrogen (secondary N) is 1. The summed E-state index contributed by atoms with van der Waals surface area (Å²) in [6, 6.07) is -1.01. The number of nitrogens with two attached hydrogens (primary N) is 5. The Morgan fingerprint density at radius 1 is 0.848 bits per heavy atom. The number of hydrogen-bond donors (Lipinski definition) is 6. The number of amides is 4. The maximum Gasteiger partial charge on any atom is 0.410 e. The first-order chi connectivity index (χ1) is 15.7. The largest absolute Gasteiger partial charge is 0.448 e. The van der Waals surface area contributed by atoms with Crippen LogP contribution in [0, 0.1) is 0 Å². The zero-order valence-electron chi connectivity index (χ0n) is 19.3. The van der Waals surface area contributed by atoms with Crippen molar-refractivity contribution in [1.29, 1.82) is 0 Å². The molecule has 13 heteroatoms. The molecule has 4 amide bonds. The topological polar surface area (TPSA) is 232 Å².